The molecule has 108 valence electrons. The molecule has 0 spiro atoms. The SMILES string of the molecule is CCC(CC)C(C)NC(C)c1ccc(OC)c(F)c1. The lowest BCUT2D eigenvalue weighted by Crippen LogP contribution is -2.35. The van der Waals surface area contributed by atoms with Crippen molar-refractivity contribution in [1.29, 1.82) is 0 Å². The van der Waals surface area contributed by atoms with E-state index in [0.717, 1.165) is 18.4 Å². The zero-order valence-corrected chi connectivity index (χ0v) is 12.7. The number of hydrogen-bond donors (Lipinski definition) is 1. The van der Waals surface area contributed by atoms with Gasteiger partial charge in [-0.3, -0.25) is 0 Å². The van der Waals surface area contributed by atoms with Gasteiger partial charge in [-0.05, 0) is 37.5 Å². The molecule has 1 rings (SSSR count). The number of ether oxygens (including phenoxy) is 1. The summed E-state index contributed by atoms with van der Waals surface area (Å²) >= 11 is 0. The van der Waals surface area contributed by atoms with Gasteiger partial charge in [0.05, 0.1) is 7.11 Å². The Hall–Kier alpha value is -1.09. The molecule has 0 heterocycles. The number of rotatable bonds is 7. The van der Waals surface area contributed by atoms with Crippen molar-refractivity contribution < 1.29 is 9.13 Å². The Bertz CT molecular complexity index is 390. The molecule has 1 aromatic carbocycles. The summed E-state index contributed by atoms with van der Waals surface area (Å²) in [5.41, 5.74) is 0.955. The van der Waals surface area contributed by atoms with Crippen molar-refractivity contribution in [3.63, 3.8) is 0 Å². The van der Waals surface area contributed by atoms with E-state index < -0.39 is 0 Å². The number of halogens is 1. The number of benzene rings is 1. The van der Waals surface area contributed by atoms with E-state index in [2.05, 4.69) is 33.0 Å². The van der Waals surface area contributed by atoms with Crippen LogP contribution in [0.2, 0.25) is 0 Å². The summed E-state index contributed by atoms with van der Waals surface area (Å²) in [5.74, 6) is 0.651. The Morgan fingerprint density at radius 1 is 1.21 bits per heavy atom. The molecule has 0 fully saturated rings. The second-order valence-electron chi connectivity index (χ2n) is 5.15. The summed E-state index contributed by atoms with van der Waals surface area (Å²) in [7, 11) is 1.48. The minimum Gasteiger partial charge on any atom is -0.494 e. The fourth-order valence-corrected chi connectivity index (χ4v) is 2.57. The molecule has 0 saturated heterocycles. The van der Waals surface area contributed by atoms with E-state index in [4.69, 9.17) is 4.74 Å². The Morgan fingerprint density at radius 2 is 1.84 bits per heavy atom. The first-order chi connectivity index (χ1) is 9.03. The van der Waals surface area contributed by atoms with Gasteiger partial charge in [-0.1, -0.05) is 32.8 Å². The summed E-state index contributed by atoms with van der Waals surface area (Å²) in [6.07, 6.45) is 2.32. The van der Waals surface area contributed by atoms with Gasteiger partial charge in [-0.15, -0.1) is 0 Å². The van der Waals surface area contributed by atoms with Crippen LogP contribution in [0.5, 0.6) is 5.75 Å². The average molecular weight is 267 g/mol. The summed E-state index contributed by atoms with van der Waals surface area (Å²) < 4.78 is 18.6. The molecule has 2 unspecified atom stereocenters. The van der Waals surface area contributed by atoms with Gasteiger partial charge in [0, 0.05) is 12.1 Å². The van der Waals surface area contributed by atoms with E-state index >= 15 is 0 Å². The largest absolute Gasteiger partial charge is 0.494 e. The van der Waals surface area contributed by atoms with Crippen molar-refractivity contribution in [2.24, 2.45) is 5.92 Å². The van der Waals surface area contributed by atoms with Crippen molar-refractivity contribution in [3.8, 4) is 5.75 Å². The van der Waals surface area contributed by atoms with Crippen LogP contribution in [-0.2, 0) is 0 Å². The quantitative estimate of drug-likeness (QED) is 0.795. The third-order valence-electron chi connectivity index (χ3n) is 3.94. The first-order valence-electron chi connectivity index (χ1n) is 7.12. The van der Waals surface area contributed by atoms with Crippen molar-refractivity contribution in [3.05, 3.63) is 29.6 Å². The van der Waals surface area contributed by atoms with Crippen LogP contribution in [0.4, 0.5) is 4.39 Å². The van der Waals surface area contributed by atoms with Crippen LogP contribution in [0, 0.1) is 11.7 Å². The van der Waals surface area contributed by atoms with Gasteiger partial charge in [0.2, 0.25) is 0 Å². The Morgan fingerprint density at radius 3 is 2.32 bits per heavy atom. The molecule has 0 aliphatic carbocycles. The van der Waals surface area contributed by atoms with E-state index in [1.807, 2.05) is 6.07 Å². The lowest BCUT2D eigenvalue weighted by molar-refractivity contribution is 0.329. The lowest BCUT2D eigenvalue weighted by Gasteiger charge is -2.26. The maximum atomic E-state index is 13.7. The number of methoxy groups -OCH3 is 1. The molecule has 3 heteroatoms. The molecule has 1 aromatic rings. The maximum absolute atomic E-state index is 13.7. The maximum Gasteiger partial charge on any atom is 0.165 e. The molecule has 0 bridgehead atoms. The Labute approximate surface area is 116 Å². The summed E-state index contributed by atoms with van der Waals surface area (Å²) in [4.78, 5) is 0. The zero-order valence-electron chi connectivity index (χ0n) is 12.7. The average Bonchev–Trinajstić information content (AvgIpc) is 2.39. The molecule has 0 aromatic heterocycles. The molecule has 0 radical (unpaired) electrons. The van der Waals surface area contributed by atoms with E-state index in [1.54, 1.807) is 12.1 Å². The van der Waals surface area contributed by atoms with Crippen molar-refractivity contribution in [2.45, 2.75) is 52.6 Å². The van der Waals surface area contributed by atoms with E-state index in [0.29, 0.717) is 17.7 Å². The Balaban J connectivity index is 2.72. The molecule has 19 heavy (non-hydrogen) atoms. The van der Waals surface area contributed by atoms with Crippen LogP contribution in [0.1, 0.15) is 52.1 Å². The molecule has 0 amide bonds. The van der Waals surface area contributed by atoms with Gasteiger partial charge in [0.25, 0.3) is 0 Å². The fraction of sp³-hybridized carbons (Fsp3) is 0.625. The van der Waals surface area contributed by atoms with Crippen LogP contribution in [0.15, 0.2) is 18.2 Å². The molecule has 0 aliphatic heterocycles. The van der Waals surface area contributed by atoms with E-state index in [9.17, 15) is 4.39 Å². The number of hydrogen-bond acceptors (Lipinski definition) is 2. The van der Waals surface area contributed by atoms with Crippen molar-refractivity contribution in [2.75, 3.05) is 7.11 Å². The monoisotopic (exact) mass is 267 g/mol. The minimum atomic E-state index is -0.302. The second kappa shape index (κ2) is 7.49. The highest BCUT2D eigenvalue weighted by Crippen LogP contribution is 2.23. The van der Waals surface area contributed by atoms with Gasteiger partial charge in [0.15, 0.2) is 11.6 Å². The standard InChI is InChI=1S/C16H26FNO/c1-6-13(7-2)11(3)18-12(4)14-8-9-16(19-5)15(17)10-14/h8-13,18H,6-7H2,1-5H3. The highest BCUT2D eigenvalue weighted by molar-refractivity contribution is 5.30. The topological polar surface area (TPSA) is 21.3 Å². The van der Waals surface area contributed by atoms with Crippen molar-refractivity contribution >= 4 is 0 Å². The summed E-state index contributed by atoms with van der Waals surface area (Å²) in [5, 5.41) is 3.56. The highest BCUT2D eigenvalue weighted by atomic mass is 19.1. The first-order valence-corrected chi connectivity index (χ1v) is 7.12. The minimum absolute atomic E-state index is 0.135. The lowest BCUT2D eigenvalue weighted by atomic mass is 9.94. The van der Waals surface area contributed by atoms with E-state index in [-0.39, 0.29) is 11.9 Å². The number of nitrogens with one attached hydrogen (secondary N) is 1. The molecule has 0 saturated carbocycles. The zero-order chi connectivity index (χ0) is 14.4. The van der Waals surface area contributed by atoms with Gasteiger partial charge in [-0.25, -0.2) is 4.39 Å². The van der Waals surface area contributed by atoms with Crippen LogP contribution >= 0.6 is 0 Å². The second-order valence-corrected chi connectivity index (χ2v) is 5.15. The first kappa shape index (κ1) is 16.0. The van der Waals surface area contributed by atoms with Gasteiger partial charge in [-0.2, -0.15) is 0 Å². The van der Waals surface area contributed by atoms with Crippen LogP contribution in [0.25, 0.3) is 0 Å². The van der Waals surface area contributed by atoms with Crippen LogP contribution in [-0.4, -0.2) is 13.2 Å². The molecule has 2 nitrogen and oxygen atoms in total. The van der Waals surface area contributed by atoms with Gasteiger partial charge >= 0.3 is 0 Å². The normalized spacial score (nSPS) is 14.5. The van der Waals surface area contributed by atoms with Gasteiger partial charge < -0.3 is 10.1 Å². The predicted molar refractivity (Wildman–Crippen MR) is 78.0 cm³/mol. The third kappa shape index (κ3) is 4.20. The molecule has 2 atom stereocenters. The summed E-state index contributed by atoms with van der Waals surface area (Å²) in [6.45, 7) is 8.70. The van der Waals surface area contributed by atoms with Gasteiger partial charge in [0.1, 0.15) is 0 Å². The van der Waals surface area contributed by atoms with E-state index in [1.165, 1.54) is 7.11 Å². The fourth-order valence-electron chi connectivity index (χ4n) is 2.57. The molecule has 1 N–H and O–H groups in total. The summed E-state index contributed by atoms with van der Waals surface area (Å²) in [6, 6.07) is 5.71. The predicted octanol–water partition coefficient (Wildman–Crippen LogP) is 4.31. The van der Waals surface area contributed by atoms with Crippen LogP contribution in [0.3, 0.4) is 0 Å². The van der Waals surface area contributed by atoms with Crippen LogP contribution < -0.4 is 10.1 Å². The third-order valence-corrected chi connectivity index (χ3v) is 3.94. The Kier molecular flexibility index (Phi) is 6.29. The molecular formula is C16H26FNO. The molecule has 0 aliphatic rings. The van der Waals surface area contributed by atoms with Crippen molar-refractivity contribution in [1.82, 2.24) is 5.32 Å². The highest BCUT2D eigenvalue weighted by Gasteiger charge is 2.17. The molecular weight excluding hydrogens is 241 g/mol. The smallest absolute Gasteiger partial charge is 0.165 e.